The van der Waals surface area contributed by atoms with Gasteiger partial charge in [0, 0.05) is 51.0 Å². The minimum absolute atomic E-state index is 0.454. The zero-order valence-electron chi connectivity index (χ0n) is 13.4. The SMILES string of the molecule is c1cc(CN2CCO[C@@H]3CN(CC4CC4)CC[C@@H]3C2)ccn1. The summed E-state index contributed by atoms with van der Waals surface area (Å²) in [7, 11) is 0. The van der Waals surface area contributed by atoms with Gasteiger partial charge in [-0.3, -0.25) is 9.88 Å². The highest BCUT2D eigenvalue weighted by molar-refractivity contribution is 5.09. The summed E-state index contributed by atoms with van der Waals surface area (Å²) >= 11 is 0. The lowest BCUT2D eigenvalue weighted by molar-refractivity contribution is -0.0229. The molecule has 120 valence electrons. The molecule has 0 N–H and O–H groups in total. The van der Waals surface area contributed by atoms with Crippen molar-refractivity contribution in [3.05, 3.63) is 30.1 Å². The molecule has 1 aromatic heterocycles. The van der Waals surface area contributed by atoms with Gasteiger partial charge < -0.3 is 9.64 Å². The molecular formula is C18H27N3O. The molecule has 2 saturated heterocycles. The standard InChI is InChI=1S/C18H27N3O/c1-2-15(1)11-20-8-5-17-13-21(9-10-22-18(17)14-20)12-16-3-6-19-7-4-16/h3-4,6-7,15,17-18H,1-2,5,8-14H2/t17-,18-/m1/s1. The average Bonchev–Trinajstić information content (AvgIpc) is 3.35. The van der Waals surface area contributed by atoms with Crippen molar-refractivity contribution in [1.82, 2.24) is 14.8 Å². The largest absolute Gasteiger partial charge is 0.375 e. The lowest BCUT2D eigenvalue weighted by Gasteiger charge is -2.38. The van der Waals surface area contributed by atoms with Crippen LogP contribution in [0.15, 0.2) is 24.5 Å². The number of aromatic nitrogens is 1. The molecule has 3 fully saturated rings. The van der Waals surface area contributed by atoms with Gasteiger partial charge in [-0.2, -0.15) is 0 Å². The quantitative estimate of drug-likeness (QED) is 0.851. The van der Waals surface area contributed by atoms with Crippen molar-refractivity contribution in [3.8, 4) is 0 Å². The molecule has 4 heteroatoms. The first-order valence-corrected chi connectivity index (χ1v) is 8.82. The van der Waals surface area contributed by atoms with Crippen LogP contribution in [0.4, 0.5) is 0 Å². The second-order valence-electron chi connectivity index (χ2n) is 7.25. The molecule has 0 spiro atoms. The highest BCUT2D eigenvalue weighted by atomic mass is 16.5. The van der Waals surface area contributed by atoms with Gasteiger partial charge in [0.25, 0.3) is 0 Å². The number of hydrogen-bond donors (Lipinski definition) is 0. The lowest BCUT2D eigenvalue weighted by Crippen LogP contribution is -2.47. The molecule has 3 heterocycles. The molecule has 0 aromatic carbocycles. The predicted octanol–water partition coefficient (Wildman–Crippen LogP) is 2.01. The Kier molecular flexibility index (Phi) is 4.42. The molecule has 4 nitrogen and oxygen atoms in total. The smallest absolute Gasteiger partial charge is 0.0743 e. The normalized spacial score (nSPS) is 30.7. The first-order chi connectivity index (χ1) is 10.9. The summed E-state index contributed by atoms with van der Waals surface area (Å²) in [5.41, 5.74) is 1.36. The molecule has 2 atom stereocenters. The van der Waals surface area contributed by atoms with Crippen molar-refractivity contribution in [2.75, 3.05) is 39.3 Å². The van der Waals surface area contributed by atoms with Crippen LogP contribution in [0.5, 0.6) is 0 Å². The predicted molar refractivity (Wildman–Crippen MR) is 86.5 cm³/mol. The van der Waals surface area contributed by atoms with Crippen molar-refractivity contribution >= 4 is 0 Å². The Morgan fingerprint density at radius 3 is 2.73 bits per heavy atom. The first kappa shape index (κ1) is 14.6. The maximum Gasteiger partial charge on any atom is 0.0743 e. The zero-order valence-corrected chi connectivity index (χ0v) is 13.4. The Labute approximate surface area is 133 Å². The molecule has 0 unspecified atom stereocenters. The van der Waals surface area contributed by atoms with Crippen LogP contribution in [0.25, 0.3) is 0 Å². The molecular weight excluding hydrogens is 274 g/mol. The van der Waals surface area contributed by atoms with Crippen molar-refractivity contribution < 1.29 is 4.74 Å². The number of fused-ring (bicyclic) bond motifs is 1. The average molecular weight is 301 g/mol. The van der Waals surface area contributed by atoms with Crippen LogP contribution in [-0.4, -0.2) is 60.2 Å². The Hall–Kier alpha value is -0.970. The maximum absolute atomic E-state index is 6.21. The van der Waals surface area contributed by atoms with Crippen LogP contribution in [0.1, 0.15) is 24.8 Å². The molecule has 0 amide bonds. The summed E-state index contributed by atoms with van der Waals surface area (Å²) < 4.78 is 6.21. The van der Waals surface area contributed by atoms with E-state index in [1.54, 1.807) is 0 Å². The Balaban J connectivity index is 1.33. The van der Waals surface area contributed by atoms with Gasteiger partial charge in [0.05, 0.1) is 12.7 Å². The van der Waals surface area contributed by atoms with Gasteiger partial charge in [-0.25, -0.2) is 0 Å². The third kappa shape index (κ3) is 3.67. The maximum atomic E-state index is 6.21. The number of rotatable bonds is 4. The van der Waals surface area contributed by atoms with Crippen molar-refractivity contribution in [2.45, 2.75) is 31.9 Å². The van der Waals surface area contributed by atoms with E-state index in [9.17, 15) is 0 Å². The third-order valence-corrected chi connectivity index (χ3v) is 5.38. The van der Waals surface area contributed by atoms with E-state index in [2.05, 4.69) is 26.9 Å². The minimum Gasteiger partial charge on any atom is -0.375 e. The molecule has 2 aliphatic heterocycles. The molecule has 1 aromatic rings. The van der Waals surface area contributed by atoms with E-state index in [0.29, 0.717) is 12.0 Å². The van der Waals surface area contributed by atoms with Crippen LogP contribution in [0, 0.1) is 11.8 Å². The summed E-state index contributed by atoms with van der Waals surface area (Å²) in [6.45, 7) is 7.88. The van der Waals surface area contributed by atoms with E-state index in [1.165, 1.54) is 44.5 Å². The minimum atomic E-state index is 0.454. The van der Waals surface area contributed by atoms with Crippen LogP contribution >= 0.6 is 0 Å². The Morgan fingerprint density at radius 1 is 1.05 bits per heavy atom. The topological polar surface area (TPSA) is 28.6 Å². The summed E-state index contributed by atoms with van der Waals surface area (Å²) in [6, 6.07) is 4.25. The van der Waals surface area contributed by atoms with Crippen LogP contribution in [0.3, 0.4) is 0 Å². The van der Waals surface area contributed by atoms with E-state index in [-0.39, 0.29) is 0 Å². The molecule has 22 heavy (non-hydrogen) atoms. The Bertz CT molecular complexity index is 476. The monoisotopic (exact) mass is 301 g/mol. The van der Waals surface area contributed by atoms with Crippen molar-refractivity contribution in [1.29, 1.82) is 0 Å². The molecule has 1 saturated carbocycles. The molecule has 4 rings (SSSR count). The van der Waals surface area contributed by atoms with Crippen molar-refractivity contribution in [3.63, 3.8) is 0 Å². The van der Waals surface area contributed by atoms with Gasteiger partial charge in [-0.15, -0.1) is 0 Å². The summed E-state index contributed by atoms with van der Waals surface area (Å²) in [5, 5.41) is 0. The summed E-state index contributed by atoms with van der Waals surface area (Å²) in [6.07, 6.45) is 8.43. The second kappa shape index (κ2) is 6.65. The van der Waals surface area contributed by atoms with E-state index in [0.717, 1.165) is 32.2 Å². The van der Waals surface area contributed by atoms with Gasteiger partial charge >= 0.3 is 0 Å². The van der Waals surface area contributed by atoms with Crippen LogP contribution in [0.2, 0.25) is 0 Å². The first-order valence-electron chi connectivity index (χ1n) is 8.82. The van der Waals surface area contributed by atoms with Gasteiger partial charge in [0.1, 0.15) is 0 Å². The van der Waals surface area contributed by atoms with E-state index >= 15 is 0 Å². The molecule has 1 aliphatic carbocycles. The number of pyridine rings is 1. The third-order valence-electron chi connectivity index (χ3n) is 5.38. The Morgan fingerprint density at radius 2 is 1.91 bits per heavy atom. The molecule has 0 radical (unpaired) electrons. The molecule has 0 bridgehead atoms. The summed E-state index contributed by atoms with van der Waals surface area (Å²) in [4.78, 5) is 9.33. The number of piperidine rings is 1. The number of nitrogens with zero attached hydrogens (tertiary/aromatic N) is 3. The summed E-state index contributed by atoms with van der Waals surface area (Å²) in [5.74, 6) is 1.70. The van der Waals surface area contributed by atoms with E-state index in [4.69, 9.17) is 4.74 Å². The number of likely N-dealkylation sites (tertiary alicyclic amines) is 1. The zero-order chi connectivity index (χ0) is 14.8. The lowest BCUT2D eigenvalue weighted by atomic mass is 9.93. The fourth-order valence-electron chi connectivity index (χ4n) is 3.90. The van der Waals surface area contributed by atoms with Gasteiger partial charge in [-0.05, 0) is 49.4 Å². The fourth-order valence-corrected chi connectivity index (χ4v) is 3.90. The van der Waals surface area contributed by atoms with E-state index < -0.39 is 0 Å². The highest BCUT2D eigenvalue weighted by Gasteiger charge is 2.35. The van der Waals surface area contributed by atoms with Gasteiger partial charge in [0.2, 0.25) is 0 Å². The van der Waals surface area contributed by atoms with Gasteiger partial charge in [-0.1, -0.05) is 0 Å². The van der Waals surface area contributed by atoms with Crippen LogP contribution < -0.4 is 0 Å². The van der Waals surface area contributed by atoms with E-state index in [1.807, 2.05) is 12.4 Å². The molecule has 3 aliphatic rings. The van der Waals surface area contributed by atoms with Crippen molar-refractivity contribution in [2.24, 2.45) is 11.8 Å². The number of hydrogen-bond acceptors (Lipinski definition) is 4. The number of ether oxygens (including phenoxy) is 1. The fraction of sp³-hybridized carbons (Fsp3) is 0.722. The second-order valence-corrected chi connectivity index (χ2v) is 7.25. The highest BCUT2D eigenvalue weighted by Crippen LogP contribution is 2.32. The van der Waals surface area contributed by atoms with Crippen LogP contribution in [-0.2, 0) is 11.3 Å². The van der Waals surface area contributed by atoms with Gasteiger partial charge in [0.15, 0.2) is 0 Å².